The molecule has 4 heteroatoms. The first kappa shape index (κ1) is 25.1. The summed E-state index contributed by atoms with van der Waals surface area (Å²) in [6.07, 6.45) is 2.65. The van der Waals surface area contributed by atoms with Gasteiger partial charge in [0.1, 0.15) is 5.78 Å². The Hall–Kier alpha value is -1.94. The van der Waals surface area contributed by atoms with Gasteiger partial charge in [0.15, 0.2) is 9.84 Å². The Morgan fingerprint density at radius 1 is 0.828 bits per heavy atom. The van der Waals surface area contributed by atoms with Crippen molar-refractivity contribution in [3.63, 3.8) is 0 Å². The van der Waals surface area contributed by atoms with Gasteiger partial charge in [-0.1, -0.05) is 68.8 Å². The van der Waals surface area contributed by atoms with Gasteiger partial charge in [0.05, 0.1) is 9.64 Å². The zero-order chi connectivity index (χ0) is 22.3. The second kappa shape index (κ2) is 10.2. The Morgan fingerprint density at radius 2 is 1.34 bits per heavy atom. The van der Waals surface area contributed by atoms with Crippen molar-refractivity contribution in [2.45, 2.75) is 77.4 Å². The number of benzene rings is 2. The molecule has 160 valence electrons. The molecule has 0 aliphatic rings. The summed E-state index contributed by atoms with van der Waals surface area (Å²) >= 11 is 0. The molecule has 2 aromatic rings. The second-order valence-corrected chi connectivity index (χ2v) is 12.1. The van der Waals surface area contributed by atoms with Crippen LogP contribution in [0, 0.1) is 12.3 Å². The van der Waals surface area contributed by atoms with Crippen molar-refractivity contribution in [2.24, 2.45) is 5.41 Å². The first-order valence-electron chi connectivity index (χ1n) is 10.1. The van der Waals surface area contributed by atoms with E-state index in [-0.39, 0.29) is 5.41 Å². The zero-order valence-electron chi connectivity index (χ0n) is 19.0. The number of sulfone groups is 1. The fourth-order valence-electron chi connectivity index (χ4n) is 2.54. The number of ketones is 1. The highest BCUT2D eigenvalue weighted by Crippen LogP contribution is 2.24. The van der Waals surface area contributed by atoms with Gasteiger partial charge < -0.3 is 0 Å². The normalized spacial score (nSPS) is 12.1. The molecule has 0 spiro atoms. The maximum absolute atomic E-state index is 12.0. The first-order valence-corrected chi connectivity index (χ1v) is 11.6. The number of hydrogen-bond donors (Lipinski definition) is 0. The number of aryl methyl sites for hydroxylation is 2. The molecule has 0 aliphatic carbocycles. The van der Waals surface area contributed by atoms with E-state index in [4.69, 9.17) is 0 Å². The van der Waals surface area contributed by atoms with Gasteiger partial charge in [0, 0.05) is 11.8 Å². The van der Waals surface area contributed by atoms with Crippen LogP contribution >= 0.6 is 0 Å². The van der Waals surface area contributed by atoms with Crippen molar-refractivity contribution in [1.29, 1.82) is 0 Å². The van der Waals surface area contributed by atoms with Crippen molar-refractivity contribution in [3.05, 3.63) is 65.7 Å². The fraction of sp³-hybridized carbons (Fsp3) is 0.480. The molecule has 0 heterocycles. The van der Waals surface area contributed by atoms with Crippen molar-refractivity contribution in [1.82, 2.24) is 0 Å². The highest BCUT2D eigenvalue weighted by molar-refractivity contribution is 7.92. The number of carbonyl (C=O) groups excluding carboxylic acids is 1. The van der Waals surface area contributed by atoms with Crippen LogP contribution in [0.1, 0.15) is 65.5 Å². The van der Waals surface area contributed by atoms with Gasteiger partial charge in [-0.15, -0.1) is 0 Å². The number of rotatable bonds is 5. The van der Waals surface area contributed by atoms with Crippen LogP contribution in [0.5, 0.6) is 0 Å². The number of hydrogen-bond acceptors (Lipinski definition) is 3. The third-order valence-electron chi connectivity index (χ3n) is 4.69. The van der Waals surface area contributed by atoms with Gasteiger partial charge in [0.2, 0.25) is 0 Å². The van der Waals surface area contributed by atoms with Crippen molar-refractivity contribution >= 4 is 15.6 Å². The topological polar surface area (TPSA) is 51.2 Å². The van der Waals surface area contributed by atoms with Gasteiger partial charge in [-0.25, -0.2) is 8.42 Å². The average Bonchev–Trinajstić information content (AvgIpc) is 2.62. The Bertz CT molecular complexity index is 866. The molecule has 0 saturated heterocycles. The summed E-state index contributed by atoms with van der Waals surface area (Å²) < 4.78 is 23.2. The Labute approximate surface area is 177 Å². The average molecular weight is 417 g/mol. The van der Waals surface area contributed by atoms with Gasteiger partial charge in [0.25, 0.3) is 0 Å². The van der Waals surface area contributed by atoms with Crippen LogP contribution < -0.4 is 0 Å². The molecule has 0 radical (unpaired) electrons. The summed E-state index contributed by atoms with van der Waals surface area (Å²) in [5.74, 6) is 0.360. The zero-order valence-corrected chi connectivity index (χ0v) is 19.8. The lowest BCUT2D eigenvalue weighted by atomic mass is 9.87. The maximum Gasteiger partial charge on any atom is 0.183 e. The summed E-state index contributed by atoms with van der Waals surface area (Å²) in [6, 6.07) is 17.3. The van der Waals surface area contributed by atoms with E-state index in [0.29, 0.717) is 17.1 Å². The molecule has 0 unspecified atom stereocenters. The molecule has 0 saturated carbocycles. The molecular weight excluding hydrogens is 380 g/mol. The lowest BCUT2D eigenvalue weighted by molar-refractivity contribution is -0.126. The van der Waals surface area contributed by atoms with Gasteiger partial charge in [-0.05, 0) is 58.2 Å². The predicted octanol–water partition coefficient (Wildman–Crippen LogP) is 6.19. The second-order valence-electron chi connectivity index (χ2n) is 9.44. The molecule has 0 amide bonds. The van der Waals surface area contributed by atoms with Gasteiger partial charge >= 0.3 is 0 Å². The van der Waals surface area contributed by atoms with Crippen molar-refractivity contribution in [2.75, 3.05) is 0 Å². The molecule has 2 rings (SSSR count). The largest absolute Gasteiger partial charge is 0.299 e. The minimum absolute atomic E-state index is 0.184. The molecule has 0 N–H and O–H groups in total. The summed E-state index contributed by atoms with van der Waals surface area (Å²) in [6.45, 7) is 13.0. The lowest BCUT2D eigenvalue weighted by Gasteiger charge is -2.19. The number of Topliss-reactive ketones (excluding diaryl/α,β-unsaturated/α-hetero) is 1. The summed E-state index contributed by atoms with van der Waals surface area (Å²) in [4.78, 5) is 12.1. The molecule has 0 aromatic heterocycles. The predicted molar refractivity (Wildman–Crippen MR) is 122 cm³/mol. The molecule has 0 fully saturated rings. The summed E-state index contributed by atoms with van der Waals surface area (Å²) in [5, 5.41) is 0. The van der Waals surface area contributed by atoms with Gasteiger partial charge in [-0.2, -0.15) is 0 Å². The van der Waals surface area contributed by atoms with Crippen molar-refractivity contribution in [3.8, 4) is 0 Å². The first-order chi connectivity index (χ1) is 13.2. The standard InChI is InChI=1S/C14H20O.C11H16O2S/c1-14(2,3)13(15)11-7-10-12-8-5-4-6-9-12;1-9-5-7-10(8-6-9)14(12,13)11(2,3)4/h4-6,8-9H,7,10-11H2,1-3H3;5-8H,1-4H3. The van der Waals surface area contributed by atoms with Crippen LogP contribution in [0.2, 0.25) is 0 Å². The summed E-state index contributed by atoms with van der Waals surface area (Å²) in [5.41, 5.74) is 2.20. The van der Waals surface area contributed by atoms with Crippen LogP contribution in [-0.2, 0) is 21.1 Å². The van der Waals surface area contributed by atoms with Crippen LogP contribution in [0.4, 0.5) is 0 Å². The quantitative estimate of drug-likeness (QED) is 0.584. The van der Waals surface area contributed by atoms with E-state index in [1.54, 1.807) is 32.9 Å². The molecule has 0 bridgehead atoms. The Balaban J connectivity index is 0.000000291. The number of carbonyl (C=O) groups is 1. The van der Waals surface area contributed by atoms with E-state index in [9.17, 15) is 13.2 Å². The van der Waals surface area contributed by atoms with Crippen LogP contribution in [0.15, 0.2) is 59.5 Å². The van der Waals surface area contributed by atoms with E-state index in [1.165, 1.54) is 5.56 Å². The SMILES string of the molecule is CC(C)(C)C(=O)CCCc1ccccc1.Cc1ccc(S(=O)(=O)C(C)(C)C)cc1. The molecule has 3 nitrogen and oxygen atoms in total. The molecule has 0 atom stereocenters. The van der Waals surface area contributed by atoms with Gasteiger partial charge in [-0.3, -0.25) is 4.79 Å². The Morgan fingerprint density at radius 3 is 1.79 bits per heavy atom. The van der Waals surface area contributed by atoms with E-state index < -0.39 is 14.6 Å². The fourth-order valence-corrected chi connectivity index (χ4v) is 3.75. The van der Waals surface area contributed by atoms with Crippen LogP contribution in [-0.4, -0.2) is 18.9 Å². The third kappa shape index (κ3) is 8.14. The van der Waals surface area contributed by atoms with Crippen molar-refractivity contribution < 1.29 is 13.2 Å². The van der Waals surface area contributed by atoms with Crippen LogP contribution in [0.25, 0.3) is 0 Å². The smallest absolute Gasteiger partial charge is 0.183 e. The third-order valence-corrected chi connectivity index (χ3v) is 7.19. The Kier molecular flexibility index (Phi) is 8.83. The molecule has 0 aliphatic heterocycles. The van der Waals surface area contributed by atoms with E-state index in [1.807, 2.05) is 58.0 Å². The molecule has 29 heavy (non-hydrogen) atoms. The van der Waals surface area contributed by atoms with Crippen LogP contribution in [0.3, 0.4) is 0 Å². The summed E-state index contributed by atoms with van der Waals surface area (Å²) in [7, 11) is -3.19. The highest BCUT2D eigenvalue weighted by Gasteiger charge is 2.30. The monoisotopic (exact) mass is 416 g/mol. The van der Waals surface area contributed by atoms with E-state index in [0.717, 1.165) is 18.4 Å². The molecular formula is C25H36O3S. The minimum Gasteiger partial charge on any atom is -0.299 e. The molecule has 2 aromatic carbocycles. The van der Waals surface area contributed by atoms with E-state index in [2.05, 4.69) is 12.1 Å². The van der Waals surface area contributed by atoms with E-state index >= 15 is 0 Å². The lowest BCUT2D eigenvalue weighted by Crippen LogP contribution is -2.27. The maximum atomic E-state index is 12.0. The highest BCUT2D eigenvalue weighted by atomic mass is 32.2. The minimum atomic E-state index is -3.19.